The van der Waals surface area contributed by atoms with Crippen molar-refractivity contribution in [3.63, 3.8) is 0 Å². The van der Waals surface area contributed by atoms with Crippen LogP contribution >= 0.6 is 11.3 Å². The quantitative estimate of drug-likeness (QED) is 0.424. The van der Waals surface area contributed by atoms with E-state index in [1.54, 1.807) is 36.5 Å². The summed E-state index contributed by atoms with van der Waals surface area (Å²) in [6, 6.07) is 23.1. The van der Waals surface area contributed by atoms with Gasteiger partial charge < -0.3 is 5.11 Å². The number of rotatable bonds is 5. The lowest BCUT2D eigenvalue weighted by Crippen LogP contribution is -1.95. The standard InChI is InChI=1S/C24H18O3S/c1-15(25)17-6-2-5-16(11-17)12-21-14-19-8-4-10-22(23(19)28-21)18-7-3-9-20(13-18)24(26)27/h2-11,13-14H,12H2,1H3,(H,26,27). The van der Waals surface area contributed by atoms with Crippen molar-refractivity contribution in [2.45, 2.75) is 13.3 Å². The topological polar surface area (TPSA) is 54.4 Å². The van der Waals surface area contributed by atoms with Gasteiger partial charge in [-0.3, -0.25) is 4.79 Å². The van der Waals surface area contributed by atoms with Crippen molar-refractivity contribution in [3.05, 3.63) is 94.4 Å². The zero-order valence-electron chi connectivity index (χ0n) is 15.3. The van der Waals surface area contributed by atoms with Crippen molar-refractivity contribution >= 4 is 33.2 Å². The SMILES string of the molecule is CC(=O)c1cccc(Cc2cc3cccc(-c4cccc(C(=O)O)c4)c3s2)c1. The van der Waals surface area contributed by atoms with Crippen LogP contribution in [-0.2, 0) is 6.42 Å². The Bertz CT molecular complexity index is 1200. The summed E-state index contributed by atoms with van der Waals surface area (Å²) in [5.41, 5.74) is 4.05. The Morgan fingerprint density at radius 3 is 2.43 bits per heavy atom. The number of thiophene rings is 1. The van der Waals surface area contributed by atoms with Crippen LogP contribution in [-0.4, -0.2) is 16.9 Å². The fourth-order valence-corrected chi connectivity index (χ4v) is 4.58. The molecule has 0 spiro atoms. The highest BCUT2D eigenvalue weighted by Gasteiger charge is 2.11. The number of carboxylic acid groups (broad SMARTS) is 1. The molecule has 3 aromatic carbocycles. The van der Waals surface area contributed by atoms with Crippen LogP contribution in [0.2, 0.25) is 0 Å². The maximum Gasteiger partial charge on any atom is 0.335 e. The first-order chi connectivity index (χ1) is 13.5. The van der Waals surface area contributed by atoms with Crippen LogP contribution in [0.3, 0.4) is 0 Å². The van der Waals surface area contributed by atoms with Crippen LogP contribution in [0.4, 0.5) is 0 Å². The Kier molecular flexibility index (Phi) is 4.80. The first-order valence-electron chi connectivity index (χ1n) is 8.96. The molecule has 1 aromatic heterocycles. The van der Waals surface area contributed by atoms with Crippen LogP contribution in [0, 0.1) is 0 Å². The van der Waals surface area contributed by atoms with Crippen LogP contribution in [0.25, 0.3) is 21.2 Å². The number of fused-ring (bicyclic) bond motifs is 1. The lowest BCUT2D eigenvalue weighted by atomic mass is 10.0. The molecule has 0 amide bonds. The Balaban J connectivity index is 1.73. The van der Waals surface area contributed by atoms with Gasteiger partial charge in [-0.05, 0) is 53.3 Å². The molecular weight excluding hydrogens is 368 g/mol. The summed E-state index contributed by atoms with van der Waals surface area (Å²) >= 11 is 1.71. The molecule has 0 atom stereocenters. The second-order valence-electron chi connectivity index (χ2n) is 6.76. The molecule has 1 heterocycles. The minimum atomic E-state index is -0.925. The highest BCUT2D eigenvalue weighted by Crippen LogP contribution is 2.36. The van der Waals surface area contributed by atoms with Crippen LogP contribution in [0.5, 0.6) is 0 Å². The molecule has 4 rings (SSSR count). The maximum absolute atomic E-state index is 11.6. The Morgan fingerprint density at radius 1 is 0.893 bits per heavy atom. The number of aromatic carboxylic acids is 1. The second kappa shape index (κ2) is 7.41. The number of Topliss-reactive ketones (excluding diaryl/α,β-unsaturated/α-hetero) is 1. The van der Waals surface area contributed by atoms with Gasteiger partial charge in [-0.25, -0.2) is 4.79 Å². The Labute approximate surface area is 166 Å². The molecule has 28 heavy (non-hydrogen) atoms. The molecule has 4 heteroatoms. The van der Waals surface area contributed by atoms with Crippen LogP contribution < -0.4 is 0 Å². The van der Waals surface area contributed by atoms with E-state index >= 15 is 0 Å². The van der Waals surface area contributed by atoms with Gasteiger partial charge in [0.05, 0.1) is 5.56 Å². The van der Waals surface area contributed by atoms with Crippen molar-refractivity contribution in [1.82, 2.24) is 0 Å². The summed E-state index contributed by atoms with van der Waals surface area (Å²) in [5.74, 6) is -0.856. The molecule has 0 aliphatic carbocycles. The Hall–Kier alpha value is -3.24. The van der Waals surface area contributed by atoms with E-state index in [0.29, 0.717) is 0 Å². The molecule has 4 aromatic rings. The minimum absolute atomic E-state index is 0.0683. The van der Waals surface area contributed by atoms with E-state index in [1.165, 1.54) is 4.88 Å². The fourth-order valence-electron chi connectivity index (χ4n) is 3.35. The van der Waals surface area contributed by atoms with Gasteiger partial charge in [0.25, 0.3) is 0 Å². The predicted molar refractivity (Wildman–Crippen MR) is 113 cm³/mol. The summed E-state index contributed by atoms with van der Waals surface area (Å²) in [4.78, 5) is 24.1. The van der Waals surface area contributed by atoms with Gasteiger partial charge in [0.15, 0.2) is 5.78 Å². The van der Waals surface area contributed by atoms with Crippen molar-refractivity contribution in [2.75, 3.05) is 0 Å². The molecule has 0 fully saturated rings. The van der Waals surface area contributed by atoms with Crippen molar-refractivity contribution < 1.29 is 14.7 Å². The lowest BCUT2D eigenvalue weighted by molar-refractivity contribution is 0.0696. The third-order valence-electron chi connectivity index (χ3n) is 4.73. The first-order valence-corrected chi connectivity index (χ1v) is 9.78. The first kappa shape index (κ1) is 18.1. The highest BCUT2D eigenvalue weighted by atomic mass is 32.1. The normalized spacial score (nSPS) is 10.9. The van der Waals surface area contributed by atoms with E-state index in [4.69, 9.17) is 0 Å². The summed E-state index contributed by atoms with van der Waals surface area (Å²) in [7, 11) is 0. The number of hydrogen-bond donors (Lipinski definition) is 1. The largest absolute Gasteiger partial charge is 0.478 e. The van der Waals surface area contributed by atoms with E-state index in [1.807, 2.05) is 42.5 Å². The van der Waals surface area contributed by atoms with Gasteiger partial charge in [0.2, 0.25) is 0 Å². The van der Waals surface area contributed by atoms with Crippen molar-refractivity contribution in [2.24, 2.45) is 0 Å². The molecule has 0 saturated heterocycles. The lowest BCUT2D eigenvalue weighted by Gasteiger charge is -2.04. The van der Waals surface area contributed by atoms with E-state index in [0.717, 1.165) is 38.8 Å². The number of ketones is 1. The average Bonchev–Trinajstić information content (AvgIpc) is 3.10. The molecule has 3 nitrogen and oxygen atoms in total. The summed E-state index contributed by atoms with van der Waals surface area (Å²) < 4.78 is 1.14. The third kappa shape index (κ3) is 3.59. The second-order valence-corrected chi connectivity index (χ2v) is 7.89. The molecular formula is C24H18O3S. The minimum Gasteiger partial charge on any atom is -0.478 e. The molecule has 0 saturated carbocycles. The number of hydrogen-bond acceptors (Lipinski definition) is 3. The summed E-state index contributed by atoms with van der Waals surface area (Å²) in [5, 5.41) is 10.4. The van der Waals surface area contributed by atoms with Crippen LogP contribution in [0.15, 0.2) is 72.8 Å². The van der Waals surface area contributed by atoms with Gasteiger partial charge in [0, 0.05) is 21.6 Å². The fraction of sp³-hybridized carbons (Fsp3) is 0.0833. The van der Waals surface area contributed by atoms with Crippen molar-refractivity contribution in [1.29, 1.82) is 0 Å². The molecule has 0 aliphatic heterocycles. The highest BCUT2D eigenvalue weighted by molar-refractivity contribution is 7.19. The number of carbonyl (C=O) groups is 2. The molecule has 0 unspecified atom stereocenters. The smallest absolute Gasteiger partial charge is 0.335 e. The van der Waals surface area contributed by atoms with E-state index in [2.05, 4.69) is 12.1 Å². The van der Waals surface area contributed by atoms with E-state index in [9.17, 15) is 14.7 Å². The number of benzene rings is 3. The average molecular weight is 386 g/mol. The van der Waals surface area contributed by atoms with E-state index < -0.39 is 5.97 Å². The van der Waals surface area contributed by atoms with Gasteiger partial charge in [-0.2, -0.15) is 0 Å². The number of carboxylic acids is 1. The monoisotopic (exact) mass is 386 g/mol. The maximum atomic E-state index is 11.6. The zero-order chi connectivity index (χ0) is 19.7. The predicted octanol–water partition coefficient (Wildman–Crippen LogP) is 6.06. The van der Waals surface area contributed by atoms with Gasteiger partial charge >= 0.3 is 5.97 Å². The molecule has 138 valence electrons. The molecule has 0 bridgehead atoms. The summed E-state index contributed by atoms with van der Waals surface area (Å²) in [6.07, 6.45) is 0.759. The van der Waals surface area contributed by atoms with E-state index in [-0.39, 0.29) is 11.3 Å². The molecule has 0 aliphatic rings. The third-order valence-corrected chi connectivity index (χ3v) is 5.91. The van der Waals surface area contributed by atoms with Crippen molar-refractivity contribution in [3.8, 4) is 11.1 Å². The van der Waals surface area contributed by atoms with Gasteiger partial charge in [-0.1, -0.05) is 48.5 Å². The Morgan fingerprint density at radius 2 is 1.64 bits per heavy atom. The zero-order valence-corrected chi connectivity index (χ0v) is 16.1. The van der Waals surface area contributed by atoms with Gasteiger partial charge in [0.1, 0.15) is 0 Å². The van der Waals surface area contributed by atoms with Crippen LogP contribution in [0.1, 0.15) is 38.1 Å². The molecule has 1 N–H and O–H groups in total. The van der Waals surface area contributed by atoms with Gasteiger partial charge in [-0.15, -0.1) is 11.3 Å². The summed E-state index contributed by atoms with van der Waals surface area (Å²) in [6.45, 7) is 1.58. The number of carbonyl (C=O) groups excluding carboxylic acids is 1. The molecule has 0 radical (unpaired) electrons.